The number of rotatable bonds is 7. The molecule has 0 aliphatic carbocycles. The lowest BCUT2D eigenvalue weighted by atomic mass is 10.1. The molecule has 0 spiro atoms. The normalized spacial score (nSPS) is 15.1. The number of hydrogen-bond donors (Lipinski definition) is 1. The van der Waals surface area contributed by atoms with Crippen LogP contribution < -0.4 is 19.7 Å². The van der Waals surface area contributed by atoms with Gasteiger partial charge in [0.05, 0.1) is 16.4 Å². The van der Waals surface area contributed by atoms with Crippen molar-refractivity contribution in [1.82, 2.24) is 5.32 Å². The first-order chi connectivity index (χ1) is 14.9. The number of aryl methyl sites for hydroxylation is 1. The zero-order chi connectivity index (χ0) is 22.5. The van der Waals surface area contributed by atoms with E-state index in [0.29, 0.717) is 29.4 Å². The van der Waals surface area contributed by atoms with Gasteiger partial charge in [-0.2, -0.15) is 0 Å². The minimum atomic E-state index is -0.544. The van der Waals surface area contributed by atoms with Crippen molar-refractivity contribution in [2.24, 2.45) is 0 Å². The summed E-state index contributed by atoms with van der Waals surface area (Å²) in [4.78, 5) is 27.1. The predicted octanol–water partition coefficient (Wildman–Crippen LogP) is 4.26. The summed E-state index contributed by atoms with van der Waals surface area (Å²) < 4.78 is 11.9. The summed E-state index contributed by atoms with van der Waals surface area (Å²) in [5, 5.41) is 2.65. The molecule has 0 atom stereocenters. The summed E-state index contributed by atoms with van der Waals surface area (Å²) in [5.41, 5.74) is 2.34. The van der Waals surface area contributed by atoms with Gasteiger partial charge in [0.2, 0.25) is 0 Å². The van der Waals surface area contributed by atoms with Crippen molar-refractivity contribution >= 4 is 63.5 Å². The second kappa shape index (κ2) is 10.1. The number of amides is 2. The number of nitrogens with zero attached hydrogens (tertiary/aromatic N) is 1. The van der Waals surface area contributed by atoms with E-state index in [1.165, 1.54) is 18.1 Å². The first kappa shape index (κ1) is 23.0. The summed E-state index contributed by atoms with van der Waals surface area (Å²) in [5.74, 6) is 0.0338. The van der Waals surface area contributed by atoms with Gasteiger partial charge in [-0.05, 0) is 82.7 Å². The molecule has 0 bridgehead atoms. The smallest absolute Gasteiger partial charge is 0.270 e. The minimum absolute atomic E-state index is 0.0224. The van der Waals surface area contributed by atoms with Gasteiger partial charge in [0.25, 0.3) is 11.8 Å². The minimum Gasteiger partial charge on any atom is -0.493 e. The van der Waals surface area contributed by atoms with Gasteiger partial charge in [-0.1, -0.05) is 31.7 Å². The lowest BCUT2D eigenvalue weighted by Crippen LogP contribution is -2.54. The molecule has 1 aliphatic heterocycles. The fourth-order valence-corrected chi connectivity index (χ4v) is 4.11. The molecule has 1 saturated heterocycles. The number of thiocarbonyl (C=S) groups is 1. The molecule has 8 heteroatoms. The maximum absolute atomic E-state index is 13.2. The average Bonchev–Trinajstić information content (AvgIpc) is 2.76. The molecule has 1 N–H and O–H groups in total. The third kappa shape index (κ3) is 4.96. The Bertz CT molecular complexity index is 1080. The largest absolute Gasteiger partial charge is 0.493 e. The molecular formula is C23H21IN2O4S. The van der Waals surface area contributed by atoms with E-state index in [4.69, 9.17) is 21.7 Å². The number of carbonyl (C=O) groups excluding carboxylic acids is 2. The molecule has 2 amide bonds. The van der Waals surface area contributed by atoms with Gasteiger partial charge in [-0.3, -0.25) is 19.8 Å². The first-order valence-corrected chi connectivity index (χ1v) is 11.0. The molecule has 160 valence electrons. The van der Waals surface area contributed by atoms with Crippen LogP contribution >= 0.6 is 34.8 Å². The quantitative estimate of drug-likeness (QED) is 0.184. The lowest BCUT2D eigenvalue weighted by molar-refractivity contribution is -0.122. The zero-order valence-electron chi connectivity index (χ0n) is 17.1. The van der Waals surface area contributed by atoms with Gasteiger partial charge in [0.1, 0.15) is 12.2 Å². The molecule has 0 radical (unpaired) electrons. The van der Waals surface area contributed by atoms with Crippen molar-refractivity contribution in [1.29, 1.82) is 0 Å². The van der Waals surface area contributed by atoms with Crippen molar-refractivity contribution < 1.29 is 19.1 Å². The molecule has 2 aromatic carbocycles. The number of anilines is 1. The fourth-order valence-electron chi connectivity index (χ4n) is 3.04. The van der Waals surface area contributed by atoms with E-state index in [1.54, 1.807) is 12.1 Å². The molecule has 6 nitrogen and oxygen atoms in total. The van der Waals surface area contributed by atoms with E-state index in [2.05, 4.69) is 41.4 Å². The summed E-state index contributed by atoms with van der Waals surface area (Å²) in [6, 6.07) is 11.0. The van der Waals surface area contributed by atoms with Crippen LogP contribution in [0.4, 0.5) is 5.69 Å². The number of hydrogen-bond acceptors (Lipinski definition) is 5. The topological polar surface area (TPSA) is 67.9 Å². The van der Waals surface area contributed by atoms with Gasteiger partial charge in [-0.15, -0.1) is 0 Å². The number of carbonyl (C=O) groups is 2. The zero-order valence-corrected chi connectivity index (χ0v) is 20.1. The number of halogens is 1. The van der Waals surface area contributed by atoms with E-state index in [1.807, 2.05) is 30.3 Å². The monoisotopic (exact) mass is 548 g/mol. The van der Waals surface area contributed by atoms with E-state index in [-0.39, 0.29) is 10.7 Å². The van der Waals surface area contributed by atoms with Crippen molar-refractivity contribution in [3.63, 3.8) is 0 Å². The maximum Gasteiger partial charge on any atom is 0.270 e. The Labute approximate surface area is 200 Å². The van der Waals surface area contributed by atoms with Crippen molar-refractivity contribution in [3.05, 3.63) is 69.3 Å². The first-order valence-electron chi connectivity index (χ1n) is 9.51. The Kier molecular flexibility index (Phi) is 7.45. The second-order valence-electron chi connectivity index (χ2n) is 6.61. The number of nitrogens with one attached hydrogen (secondary N) is 1. The number of methoxy groups -OCH3 is 1. The molecule has 1 fully saturated rings. The Morgan fingerprint density at radius 3 is 2.55 bits per heavy atom. The van der Waals surface area contributed by atoms with Gasteiger partial charge >= 0.3 is 0 Å². The Morgan fingerprint density at radius 2 is 1.94 bits per heavy atom. The molecule has 1 heterocycles. The highest BCUT2D eigenvalue weighted by atomic mass is 127. The van der Waals surface area contributed by atoms with E-state index >= 15 is 0 Å². The summed E-state index contributed by atoms with van der Waals surface area (Å²) in [7, 11) is 1.53. The Morgan fingerprint density at radius 1 is 1.23 bits per heavy atom. The molecule has 2 aromatic rings. The van der Waals surface area contributed by atoms with Crippen LogP contribution in [-0.4, -0.2) is 30.6 Å². The summed E-state index contributed by atoms with van der Waals surface area (Å²) in [6.45, 7) is 6.03. The van der Waals surface area contributed by atoms with Crippen molar-refractivity contribution in [3.8, 4) is 11.5 Å². The van der Waals surface area contributed by atoms with Crippen LogP contribution in [0, 0.1) is 3.57 Å². The van der Waals surface area contributed by atoms with Gasteiger partial charge in [-0.25, -0.2) is 0 Å². The molecular weight excluding hydrogens is 527 g/mol. The van der Waals surface area contributed by atoms with Crippen LogP contribution in [0.3, 0.4) is 0 Å². The van der Waals surface area contributed by atoms with Crippen LogP contribution in [0.1, 0.15) is 18.1 Å². The van der Waals surface area contributed by atoms with Crippen LogP contribution in [-0.2, 0) is 16.0 Å². The highest BCUT2D eigenvalue weighted by molar-refractivity contribution is 14.1. The van der Waals surface area contributed by atoms with Gasteiger partial charge in [0.15, 0.2) is 16.6 Å². The van der Waals surface area contributed by atoms with E-state index in [9.17, 15) is 9.59 Å². The Hall–Kier alpha value is -2.72. The molecule has 0 saturated carbocycles. The molecule has 0 unspecified atom stereocenters. The van der Waals surface area contributed by atoms with Crippen molar-refractivity contribution in [2.45, 2.75) is 13.3 Å². The molecule has 3 rings (SSSR count). The van der Waals surface area contributed by atoms with Gasteiger partial charge < -0.3 is 9.47 Å². The average molecular weight is 548 g/mol. The predicted molar refractivity (Wildman–Crippen MR) is 133 cm³/mol. The molecule has 31 heavy (non-hydrogen) atoms. The number of benzene rings is 2. The van der Waals surface area contributed by atoms with Crippen LogP contribution in [0.5, 0.6) is 11.5 Å². The fraction of sp³-hybridized carbons (Fsp3) is 0.174. The highest BCUT2D eigenvalue weighted by Crippen LogP contribution is 2.35. The second-order valence-corrected chi connectivity index (χ2v) is 8.16. The van der Waals surface area contributed by atoms with Crippen LogP contribution in [0.25, 0.3) is 6.08 Å². The lowest BCUT2D eigenvalue weighted by Gasteiger charge is -2.29. The standard InChI is InChI=1S/C23H21IN2O4S/c1-4-10-30-20-18(24)12-15(13-19(20)29-3)11-17-21(27)25-23(31)26(22(17)28)16-8-6-14(5-2)7-9-16/h4,6-9,11-13H,1,5,10H2,2-3H3,(H,25,27,31)/b17-11-. The van der Waals surface area contributed by atoms with Crippen LogP contribution in [0.15, 0.2) is 54.6 Å². The highest BCUT2D eigenvalue weighted by Gasteiger charge is 2.34. The molecule has 0 aromatic heterocycles. The van der Waals surface area contributed by atoms with Gasteiger partial charge in [0, 0.05) is 0 Å². The van der Waals surface area contributed by atoms with Crippen LogP contribution in [0.2, 0.25) is 0 Å². The Balaban J connectivity index is 1.99. The number of ether oxygens (including phenoxy) is 2. The van der Waals surface area contributed by atoms with E-state index in [0.717, 1.165) is 15.6 Å². The summed E-state index contributed by atoms with van der Waals surface area (Å²) >= 11 is 7.38. The maximum atomic E-state index is 13.2. The SMILES string of the molecule is C=CCOc1c(I)cc(/C=C2/C(=O)NC(=S)N(c3ccc(CC)cc3)C2=O)cc1OC. The van der Waals surface area contributed by atoms with Crippen molar-refractivity contribution in [2.75, 3.05) is 18.6 Å². The third-order valence-electron chi connectivity index (χ3n) is 4.61. The molecule has 1 aliphatic rings. The third-order valence-corrected chi connectivity index (χ3v) is 5.70. The van der Waals surface area contributed by atoms with E-state index < -0.39 is 11.8 Å². The summed E-state index contributed by atoms with van der Waals surface area (Å²) in [6.07, 6.45) is 4.04.